The summed E-state index contributed by atoms with van der Waals surface area (Å²) < 4.78 is 2.05. The van der Waals surface area contributed by atoms with Crippen molar-refractivity contribution in [3.05, 3.63) is 67.4 Å². The molecule has 0 unspecified atom stereocenters. The fraction of sp³-hybridized carbons (Fsp3) is 0.105. The highest BCUT2D eigenvalue weighted by atomic mass is 15.1. The molecule has 0 aliphatic heterocycles. The molecule has 0 radical (unpaired) electrons. The highest BCUT2D eigenvalue weighted by Crippen LogP contribution is 2.23. The molecule has 0 aliphatic rings. The summed E-state index contributed by atoms with van der Waals surface area (Å²) in [5, 5.41) is 1.15. The molecule has 4 heterocycles. The van der Waals surface area contributed by atoms with Crippen molar-refractivity contribution >= 4 is 16.7 Å². The third-order valence-corrected chi connectivity index (χ3v) is 4.03. The zero-order chi connectivity index (χ0) is 16.5. The maximum absolute atomic E-state index is 4.62. The molecule has 0 aliphatic carbocycles. The minimum atomic E-state index is 0.878. The lowest BCUT2D eigenvalue weighted by atomic mass is 10.1. The van der Waals surface area contributed by atoms with Gasteiger partial charge in [0.25, 0.3) is 0 Å². The normalized spacial score (nSPS) is 10.9. The quantitative estimate of drug-likeness (QED) is 0.580. The Morgan fingerprint density at radius 3 is 2.58 bits per heavy atom. The molecule has 4 aromatic rings. The molecule has 0 bridgehead atoms. The number of rotatable bonds is 3. The summed E-state index contributed by atoms with van der Waals surface area (Å²) in [6.07, 6.45) is 9.40. The van der Waals surface area contributed by atoms with Crippen molar-refractivity contribution in [1.82, 2.24) is 19.5 Å². The van der Waals surface area contributed by atoms with Gasteiger partial charge >= 0.3 is 0 Å². The van der Waals surface area contributed by atoms with Crippen LogP contribution in [0.3, 0.4) is 0 Å². The molecule has 118 valence electrons. The molecule has 5 heteroatoms. The van der Waals surface area contributed by atoms with Crippen molar-refractivity contribution in [2.45, 2.75) is 0 Å². The minimum absolute atomic E-state index is 0.878. The van der Waals surface area contributed by atoms with Crippen LogP contribution in [-0.4, -0.2) is 33.6 Å². The lowest BCUT2D eigenvalue weighted by Gasteiger charge is -2.12. The van der Waals surface area contributed by atoms with Gasteiger partial charge in [0.15, 0.2) is 0 Å². The monoisotopic (exact) mass is 315 g/mol. The van der Waals surface area contributed by atoms with E-state index in [0.717, 1.165) is 33.7 Å². The van der Waals surface area contributed by atoms with Crippen LogP contribution >= 0.6 is 0 Å². The van der Waals surface area contributed by atoms with E-state index in [4.69, 9.17) is 0 Å². The van der Waals surface area contributed by atoms with Gasteiger partial charge in [0.2, 0.25) is 0 Å². The molecule has 5 nitrogen and oxygen atoms in total. The smallest absolute Gasteiger partial charge is 0.137 e. The van der Waals surface area contributed by atoms with Gasteiger partial charge in [-0.05, 0) is 42.0 Å². The topological polar surface area (TPSA) is 46.8 Å². The maximum atomic E-state index is 4.62. The molecule has 24 heavy (non-hydrogen) atoms. The number of nitrogens with zero attached hydrogens (tertiary/aromatic N) is 5. The van der Waals surface area contributed by atoms with Crippen molar-refractivity contribution < 1.29 is 0 Å². The summed E-state index contributed by atoms with van der Waals surface area (Å²) in [6.45, 7) is 0. The van der Waals surface area contributed by atoms with E-state index in [9.17, 15) is 0 Å². The van der Waals surface area contributed by atoms with E-state index in [2.05, 4.69) is 33.2 Å². The highest BCUT2D eigenvalue weighted by molar-refractivity contribution is 5.80. The van der Waals surface area contributed by atoms with Crippen LogP contribution in [0.1, 0.15) is 0 Å². The summed E-state index contributed by atoms with van der Waals surface area (Å²) >= 11 is 0. The van der Waals surface area contributed by atoms with E-state index in [-0.39, 0.29) is 0 Å². The summed E-state index contributed by atoms with van der Waals surface area (Å²) in [5.41, 5.74) is 3.22. The van der Waals surface area contributed by atoms with Gasteiger partial charge in [-0.2, -0.15) is 0 Å². The molecule has 0 N–H and O–H groups in total. The van der Waals surface area contributed by atoms with Crippen LogP contribution in [-0.2, 0) is 0 Å². The SMILES string of the molecule is CN(C)c1cc(-c2ccc(-n3ccc4ccncc43)nc2)ccn1. The fourth-order valence-corrected chi connectivity index (χ4v) is 2.72. The molecule has 0 aromatic carbocycles. The summed E-state index contributed by atoms with van der Waals surface area (Å²) in [7, 11) is 3.97. The fourth-order valence-electron chi connectivity index (χ4n) is 2.72. The first-order chi connectivity index (χ1) is 11.7. The van der Waals surface area contributed by atoms with E-state index in [0.29, 0.717) is 0 Å². The van der Waals surface area contributed by atoms with Crippen LogP contribution in [0.5, 0.6) is 0 Å². The lowest BCUT2D eigenvalue weighted by Crippen LogP contribution is -2.10. The van der Waals surface area contributed by atoms with Gasteiger partial charge < -0.3 is 4.90 Å². The van der Waals surface area contributed by atoms with Crippen LogP contribution in [0, 0.1) is 0 Å². The third-order valence-electron chi connectivity index (χ3n) is 4.03. The Morgan fingerprint density at radius 2 is 1.79 bits per heavy atom. The molecule has 0 saturated heterocycles. The summed E-state index contributed by atoms with van der Waals surface area (Å²) in [6, 6.07) is 12.2. The van der Waals surface area contributed by atoms with E-state index >= 15 is 0 Å². The molecule has 0 amide bonds. The average molecular weight is 315 g/mol. The maximum Gasteiger partial charge on any atom is 0.137 e. The van der Waals surface area contributed by atoms with Crippen molar-refractivity contribution in [3.8, 4) is 16.9 Å². The van der Waals surface area contributed by atoms with Crippen LogP contribution < -0.4 is 4.90 Å². The molecule has 0 fully saturated rings. The molecule has 0 spiro atoms. The average Bonchev–Trinajstić information content (AvgIpc) is 3.06. The first-order valence-corrected chi connectivity index (χ1v) is 7.73. The van der Waals surface area contributed by atoms with Gasteiger partial charge in [0, 0.05) is 49.8 Å². The van der Waals surface area contributed by atoms with Crippen molar-refractivity contribution in [2.24, 2.45) is 0 Å². The Morgan fingerprint density at radius 1 is 0.875 bits per heavy atom. The van der Waals surface area contributed by atoms with Gasteiger partial charge in [-0.25, -0.2) is 9.97 Å². The standard InChI is InChI=1S/C19H17N5/c1-23(2)19-11-15(6-9-21-19)16-3-4-18(22-12-16)24-10-7-14-5-8-20-13-17(14)24/h3-13H,1-2H3. The predicted octanol–water partition coefficient (Wildman–Crippen LogP) is 3.55. The zero-order valence-electron chi connectivity index (χ0n) is 13.6. The Bertz CT molecular complexity index is 986. The Labute approximate surface area is 140 Å². The summed E-state index contributed by atoms with van der Waals surface area (Å²) in [4.78, 5) is 15.2. The lowest BCUT2D eigenvalue weighted by molar-refractivity contribution is 1.04. The second-order valence-electron chi connectivity index (χ2n) is 5.82. The van der Waals surface area contributed by atoms with Crippen LogP contribution in [0.4, 0.5) is 5.82 Å². The predicted molar refractivity (Wildman–Crippen MR) is 96.4 cm³/mol. The largest absolute Gasteiger partial charge is 0.363 e. The molecule has 0 atom stereocenters. The highest BCUT2D eigenvalue weighted by Gasteiger charge is 2.06. The number of fused-ring (bicyclic) bond motifs is 1. The third kappa shape index (κ3) is 2.50. The molecule has 4 rings (SSSR count). The van der Waals surface area contributed by atoms with Gasteiger partial charge in [0.05, 0.1) is 11.7 Å². The Hall–Kier alpha value is -3.21. The second-order valence-corrected chi connectivity index (χ2v) is 5.82. The van der Waals surface area contributed by atoms with Gasteiger partial charge in [-0.15, -0.1) is 0 Å². The summed E-state index contributed by atoms with van der Waals surface area (Å²) in [5.74, 6) is 1.81. The minimum Gasteiger partial charge on any atom is -0.363 e. The number of pyridine rings is 3. The zero-order valence-corrected chi connectivity index (χ0v) is 13.6. The second kappa shape index (κ2) is 5.77. The van der Waals surface area contributed by atoms with Crippen molar-refractivity contribution in [2.75, 3.05) is 19.0 Å². The van der Waals surface area contributed by atoms with Crippen LogP contribution in [0.2, 0.25) is 0 Å². The van der Waals surface area contributed by atoms with Crippen LogP contribution in [0.15, 0.2) is 67.4 Å². The van der Waals surface area contributed by atoms with E-state index in [1.807, 2.05) is 66.5 Å². The first kappa shape index (κ1) is 14.4. The molecular formula is C19H17N5. The number of hydrogen-bond acceptors (Lipinski definition) is 4. The van der Waals surface area contributed by atoms with Crippen molar-refractivity contribution in [3.63, 3.8) is 0 Å². The number of hydrogen-bond donors (Lipinski definition) is 0. The number of aromatic nitrogens is 4. The number of anilines is 1. The Balaban J connectivity index is 1.71. The Kier molecular flexibility index (Phi) is 3.46. The van der Waals surface area contributed by atoms with E-state index in [1.54, 1.807) is 6.20 Å². The van der Waals surface area contributed by atoms with Crippen molar-refractivity contribution in [1.29, 1.82) is 0 Å². The van der Waals surface area contributed by atoms with Gasteiger partial charge in [0.1, 0.15) is 11.6 Å². The van der Waals surface area contributed by atoms with Gasteiger partial charge in [-0.3, -0.25) is 9.55 Å². The van der Waals surface area contributed by atoms with E-state index < -0.39 is 0 Å². The van der Waals surface area contributed by atoms with Crippen LogP contribution in [0.25, 0.3) is 27.8 Å². The van der Waals surface area contributed by atoms with E-state index in [1.165, 1.54) is 0 Å². The molecule has 0 saturated carbocycles. The molecule has 4 aromatic heterocycles. The molecular weight excluding hydrogens is 298 g/mol. The van der Waals surface area contributed by atoms with Gasteiger partial charge in [-0.1, -0.05) is 0 Å². The first-order valence-electron chi connectivity index (χ1n) is 7.73.